The van der Waals surface area contributed by atoms with Crippen LogP contribution in [0.15, 0.2) is 30.3 Å². The lowest BCUT2D eigenvalue weighted by molar-refractivity contribution is -0.0609. The van der Waals surface area contributed by atoms with Gasteiger partial charge in [-0.05, 0) is 43.6 Å². The van der Waals surface area contributed by atoms with E-state index >= 15 is 0 Å². The van der Waals surface area contributed by atoms with Crippen LogP contribution < -0.4 is 0 Å². The monoisotopic (exact) mass is 258 g/mol. The van der Waals surface area contributed by atoms with Gasteiger partial charge in [-0.25, -0.2) is 10.0 Å². The van der Waals surface area contributed by atoms with Gasteiger partial charge in [0.05, 0.1) is 0 Å². The lowest BCUT2D eigenvalue weighted by Gasteiger charge is -2.41. The first kappa shape index (κ1) is 13.1. The summed E-state index contributed by atoms with van der Waals surface area (Å²) in [7, 11) is 0. The molecular formula is C17H26N2. The van der Waals surface area contributed by atoms with Gasteiger partial charge in [0, 0.05) is 26.2 Å². The molecule has 104 valence electrons. The van der Waals surface area contributed by atoms with Crippen molar-refractivity contribution in [3.05, 3.63) is 35.9 Å². The first-order valence-corrected chi connectivity index (χ1v) is 7.95. The fourth-order valence-corrected chi connectivity index (χ4v) is 3.51. The van der Waals surface area contributed by atoms with Gasteiger partial charge in [-0.2, -0.15) is 0 Å². The van der Waals surface area contributed by atoms with E-state index in [4.69, 9.17) is 0 Å². The summed E-state index contributed by atoms with van der Waals surface area (Å²) in [6.07, 6.45) is 8.22. The number of piperidine rings is 2. The van der Waals surface area contributed by atoms with Crippen molar-refractivity contribution in [3.63, 3.8) is 0 Å². The summed E-state index contributed by atoms with van der Waals surface area (Å²) in [6, 6.07) is 11.0. The lowest BCUT2D eigenvalue weighted by atomic mass is 9.90. The highest BCUT2D eigenvalue weighted by Crippen LogP contribution is 2.24. The third kappa shape index (κ3) is 3.58. The van der Waals surface area contributed by atoms with Crippen LogP contribution in [0, 0.1) is 5.92 Å². The molecule has 0 amide bonds. The van der Waals surface area contributed by atoms with E-state index in [1.165, 1.54) is 70.3 Å². The second kappa shape index (κ2) is 6.53. The molecule has 2 fully saturated rings. The number of nitrogens with zero attached hydrogens (tertiary/aromatic N) is 2. The zero-order chi connectivity index (χ0) is 12.9. The molecule has 0 radical (unpaired) electrons. The van der Waals surface area contributed by atoms with Gasteiger partial charge in [0.1, 0.15) is 0 Å². The molecule has 19 heavy (non-hydrogen) atoms. The van der Waals surface area contributed by atoms with Crippen LogP contribution in [-0.2, 0) is 6.42 Å². The Kier molecular flexibility index (Phi) is 4.52. The molecule has 3 rings (SSSR count). The van der Waals surface area contributed by atoms with Gasteiger partial charge in [0.15, 0.2) is 0 Å². The maximum Gasteiger partial charge on any atom is 0.0136 e. The van der Waals surface area contributed by atoms with Crippen LogP contribution in [0.2, 0.25) is 0 Å². The Morgan fingerprint density at radius 1 is 0.789 bits per heavy atom. The lowest BCUT2D eigenvalue weighted by Crippen LogP contribution is -2.49. The Bertz CT molecular complexity index is 362. The maximum atomic E-state index is 2.63. The van der Waals surface area contributed by atoms with Crippen LogP contribution in [0.5, 0.6) is 0 Å². The quantitative estimate of drug-likeness (QED) is 0.820. The number of hydrazine groups is 1. The minimum Gasteiger partial charge on any atom is -0.242 e. The Labute approximate surface area is 117 Å². The second-order valence-electron chi connectivity index (χ2n) is 6.10. The molecule has 0 aromatic heterocycles. The largest absolute Gasteiger partial charge is 0.242 e. The van der Waals surface area contributed by atoms with Crippen molar-refractivity contribution in [2.45, 2.75) is 38.5 Å². The summed E-state index contributed by atoms with van der Waals surface area (Å²) in [5, 5.41) is 5.24. The first-order chi connectivity index (χ1) is 9.42. The highest BCUT2D eigenvalue weighted by molar-refractivity contribution is 5.15. The van der Waals surface area contributed by atoms with Gasteiger partial charge in [0.25, 0.3) is 0 Å². The van der Waals surface area contributed by atoms with Crippen molar-refractivity contribution in [1.29, 1.82) is 0 Å². The number of hydrogen-bond acceptors (Lipinski definition) is 2. The van der Waals surface area contributed by atoms with Crippen molar-refractivity contribution >= 4 is 0 Å². The molecule has 0 aliphatic carbocycles. The third-order valence-corrected chi connectivity index (χ3v) is 4.69. The molecule has 2 heteroatoms. The summed E-state index contributed by atoms with van der Waals surface area (Å²) >= 11 is 0. The average molecular weight is 258 g/mol. The molecule has 2 heterocycles. The average Bonchev–Trinajstić information content (AvgIpc) is 2.50. The molecule has 2 nitrogen and oxygen atoms in total. The van der Waals surface area contributed by atoms with Crippen LogP contribution in [0.3, 0.4) is 0 Å². The normalized spacial score (nSPS) is 23.6. The fraction of sp³-hybridized carbons (Fsp3) is 0.647. The van der Waals surface area contributed by atoms with Gasteiger partial charge in [-0.3, -0.25) is 0 Å². The predicted molar refractivity (Wildman–Crippen MR) is 79.9 cm³/mol. The summed E-state index contributed by atoms with van der Waals surface area (Å²) in [5.41, 5.74) is 1.51. The molecule has 2 aliphatic rings. The summed E-state index contributed by atoms with van der Waals surface area (Å²) < 4.78 is 0. The summed E-state index contributed by atoms with van der Waals surface area (Å²) in [6.45, 7) is 5.14. The fourth-order valence-electron chi connectivity index (χ4n) is 3.51. The Balaban J connectivity index is 1.46. The number of benzene rings is 1. The topological polar surface area (TPSA) is 6.48 Å². The maximum absolute atomic E-state index is 2.63. The Morgan fingerprint density at radius 3 is 2.11 bits per heavy atom. The van der Waals surface area contributed by atoms with E-state index in [1.54, 1.807) is 0 Å². The van der Waals surface area contributed by atoms with E-state index < -0.39 is 0 Å². The molecule has 1 aromatic carbocycles. The minimum absolute atomic E-state index is 0.892. The van der Waals surface area contributed by atoms with Crippen LogP contribution in [0.1, 0.15) is 37.7 Å². The van der Waals surface area contributed by atoms with Crippen molar-refractivity contribution in [3.8, 4) is 0 Å². The van der Waals surface area contributed by atoms with E-state index in [1.807, 2.05) is 0 Å². The van der Waals surface area contributed by atoms with Crippen molar-refractivity contribution in [2.75, 3.05) is 26.2 Å². The Morgan fingerprint density at radius 2 is 1.42 bits per heavy atom. The van der Waals surface area contributed by atoms with Gasteiger partial charge < -0.3 is 0 Å². The van der Waals surface area contributed by atoms with Crippen LogP contribution in [0.4, 0.5) is 0 Å². The Hall–Kier alpha value is -0.860. The minimum atomic E-state index is 0.892. The smallest absolute Gasteiger partial charge is 0.0136 e. The van der Waals surface area contributed by atoms with E-state index in [0.717, 1.165) is 5.92 Å². The van der Waals surface area contributed by atoms with E-state index in [2.05, 4.69) is 40.3 Å². The first-order valence-electron chi connectivity index (χ1n) is 7.95. The van der Waals surface area contributed by atoms with Gasteiger partial charge >= 0.3 is 0 Å². The van der Waals surface area contributed by atoms with E-state index in [-0.39, 0.29) is 0 Å². The molecule has 0 spiro atoms. The van der Waals surface area contributed by atoms with Gasteiger partial charge in [0.2, 0.25) is 0 Å². The summed E-state index contributed by atoms with van der Waals surface area (Å²) in [5.74, 6) is 0.892. The molecule has 0 N–H and O–H groups in total. The molecule has 0 unspecified atom stereocenters. The molecule has 0 bridgehead atoms. The molecule has 2 saturated heterocycles. The number of rotatable bonds is 3. The SMILES string of the molecule is c1ccc(CC2CCN(N3CCCCC3)CC2)cc1. The van der Waals surface area contributed by atoms with E-state index in [9.17, 15) is 0 Å². The standard InChI is InChI=1S/C17H26N2/c1-3-7-16(8-4-1)15-17-9-13-19(14-10-17)18-11-5-2-6-12-18/h1,3-4,7-8,17H,2,5-6,9-15H2. The van der Waals surface area contributed by atoms with Crippen LogP contribution >= 0.6 is 0 Å². The van der Waals surface area contributed by atoms with Gasteiger partial charge in [-0.15, -0.1) is 0 Å². The molecule has 0 saturated carbocycles. The highest BCUT2D eigenvalue weighted by Gasteiger charge is 2.24. The zero-order valence-electron chi connectivity index (χ0n) is 11.9. The third-order valence-electron chi connectivity index (χ3n) is 4.69. The zero-order valence-corrected chi connectivity index (χ0v) is 11.9. The molecular weight excluding hydrogens is 232 g/mol. The van der Waals surface area contributed by atoms with Crippen molar-refractivity contribution in [1.82, 2.24) is 10.0 Å². The molecule has 1 aromatic rings. The van der Waals surface area contributed by atoms with Crippen molar-refractivity contribution < 1.29 is 0 Å². The van der Waals surface area contributed by atoms with E-state index in [0.29, 0.717) is 0 Å². The molecule has 0 atom stereocenters. The second-order valence-corrected chi connectivity index (χ2v) is 6.10. The predicted octanol–water partition coefficient (Wildman–Crippen LogP) is 3.34. The summed E-state index contributed by atoms with van der Waals surface area (Å²) in [4.78, 5) is 0. The highest BCUT2D eigenvalue weighted by atomic mass is 15.6. The number of hydrogen-bond donors (Lipinski definition) is 0. The van der Waals surface area contributed by atoms with Crippen molar-refractivity contribution in [2.24, 2.45) is 5.92 Å². The van der Waals surface area contributed by atoms with Crippen LogP contribution in [0.25, 0.3) is 0 Å². The van der Waals surface area contributed by atoms with Crippen LogP contribution in [-0.4, -0.2) is 36.2 Å². The molecule has 2 aliphatic heterocycles. The van der Waals surface area contributed by atoms with Gasteiger partial charge in [-0.1, -0.05) is 36.8 Å².